The van der Waals surface area contributed by atoms with Crippen LogP contribution in [0.1, 0.15) is 55.0 Å². The quantitative estimate of drug-likeness (QED) is 0.758. The lowest BCUT2D eigenvalue weighted by molar-refractivity contribution is 0.0204. The van der Waals surface area contributed by atoms with Gasteiger partial charge in [-0.25, -0.2) is 9.78 Å². The first-order valence-corrected chi connectivity index (χ1v) is 11.3. The van der Waals surface area contributed by atoms with Crippen LogP contribution < -0.4 is 14.8 Å². The van der Waals surface area contributed by atoms with Gasteiger partial charge in [-0.05, 0) is 45.7 Å². The molecule has 2 aliphatic heterocycles. The zero-order valence-electron chi connectivity index (χ0n) is 18.0. The highest BCUT2D eigenvalue weighted by Crippen LogP contribution is 2.33. The molecule has 1 aromatic heterocycles. The van der Waals surface area contributed by atoms with Gasteiger partial charge in [-0.1, -0.05) is 0 Å². The van der Waals surface area contributed by atoms with Crippen LogP contribution in [-0.2, 0) is 4.74 Å². The van der Waals surface area contributed by atoms with E-state index in [4.69, 9.17) is 14.2 Å². The Labute approximate surface area is 185 Å². The standard InChI is InChI=1S/C22H27N3O5S/c1-22(2,3)30-21(27)25-8-6-14(7-9-25)20-24-16(13-31-20)19(26)23-15-4-5-17-18(12-15)29-11-10-28-17/h4-5,12-14H,6-11H2,1-3H3,(H,23,26). The molecule has 1 fully saturated rings. The highest BCUT2D eigenvalue weighted by Gasteiger charge is 2.29. The first-order valence-electron chi connectivity index (χ1n) is 10.4. The summed E-state index contributed by atoms with van der Waals surface area (Å²) in [5.74, 6) is 1.28. The van der Waals surface area contributed by atoms with E-state index in [0.29, 0.717) is 49.2 Å². The van der Waals surface area contributed by atoms with Crippen LogP contribution in [0.3, 0.4) is 0 Å². The van der Waals surface area contributed by atoms with Crippen molar-refractivity contribution >= 4 is 29.0 Å². The van der Waals surface area contributed by atoms with Crippen LogP contribution in [-0.4, -0.2) is 53.8 Å². The molecule has 166 valence electrons. The molecule has 0 saturated carbocycles. The molecule has 0 atom stereocenters. The van der Waals surface area contributed by atoms with Crippen molar-refractivity contribution in [2.45, 2.75) is 45.1 Å². The molecule has 8 nitrogen and oxygen atoms in total. The lowest BCUT2D eigenvalue weighted by atomic mass is 9.98. The maximum Gasteiger partial charge on any atom is 0.410 e. The van der Waals surface area contributed by atoms with Gasteiger partial charge >= 0.3 is 6.09 Å². The van der Waals surface area contributed by atoms with E-state index in [-0.39, 0.29) is 17.9 Å². The summed E-state index contributed by atoms with van der Waals surface area (Å²) in [6, 6.07) is 5.33. The van der Waals surface area contributed by atoms with E-state index in [1.165, 1.54) is 11.3 Å². The van der Waals surface area contributed by atoms with Crippen LogP contribution in [0.4, 0.5) is 10.5 Å². The summed E-state index contributed by atoms with van der Waals surface area (Å²) in [6.07, 6.45) is 1.33. The molecule has 31 heavy (non-hydrogen) atoms. The molecule has 3 heterocycles. The monoisotopic (exact) mass is 445 g/mol. The number of piperidine rings is 1. The Kier molecular flexibility index (Phi) is 6.04. The van der Waals surface area contributed by atoms with E-state index >= 15 is 0 Å². The normalized spacial score (nSPS) is 16.7. The number of nitrogens with zero attached hydrogens (tertiary/aromatic N) is 2. The number of hydrogen-bond acceptors (Lipinski definition) is 7. The average molecular weight is 446 g/mol. The third-order valence-electron chi connectivity index (χ3n) is 5.05. The Morgan fingerprint density at radius 3 is 2.58 bits per heavy atom. The lowest BCUT2D eigenvalue weighted by Gasteiger charge is -2.32. The summed E-state index contributed by atoms with van der Waals surface area (Å²) in [4.78, 5) is 31.2. The molecule has 0 aliphatic carbocycles. The fourth-order valence-corrected chi connectivity index (χ4v) is 4.50. The third-order valence-corrected chi connectivity index (χ3v) is 6.06. The highest BCUT2D eigenvalue weighted by molar-refractivity contribution is 7.10. The summed E-state index contributed by atoms with van der Waals surface area (Å²) in [7, 11) is 0. The zero-order chi connectivity index (χ0) is 22.0. The third kappa shape index (κ3) is 5.28. The van der Waals surface area contributed by atoms with Crippen LogP contribution in [0, 0.1) is 0 Å². The van der Waals surface area contributed by atoms with Crippen molar-refractivity contribution in [3.63, 3.8) is 0 Å². The number of likely N-dealkylation sites (tertiary alicyclic amines) is 1. The van der Waals surface area contributed by atoms with Crippen LogP contribution in [0.15, 0.2) is 23.6 Å². The van der Waals surface area contributed by atoms with Crippen molar-refractivity contribution in [3.8, 4) is 11.5 Å². The second-order valence-corrected chi connectivity index (χ2v) is 9.51. The molecule has 1 saturated heterocycles. The molecule has 9 heteroatoms. The van der Waals surface area contributed by atoms with E-state index < -0.39 is 5.60 Å². The second kappa shape index (κ2) is 8.74. The van der Waals surface area contributed by atoms with Gasteiger partial charge in [0.1, 0.15) is 24.5 Å². The van der Waals surface area contributed by atoms with E-state index in [0.717, 1.165) is 17.8 Å². The number of anilines is 1. The van der Waals surface area contributed by atoms with Gasteiger partial charge in [-0.15, -0.1) is 11.3 Å². The maximum absolute atomic E-state index is 12.6. The molecule has 1 N–H and O–H groups in total. The number of rotatable bonds is 3. The van der Waals surface area contributed by atoms with Crippen LogP contribution >= 0.6 is 11.3 Å². The molecule has 0 unspecified atom stereocenters. The first-order chi connectivity index (χ1) is 14.8. The fraction of sp³-hybridized carbons (Fsp3) is 0.500. The summed E-state index contributed by atoms with van der Waals surface area (Å²) < 4.78 is 16.5. The number of hydrogen-bond donors (Lipinski definition) is 1. The number of thiazole rings is 1. The molecule has 0 bridgehead atoms. The van der Waals surface area contributed by atoms with Crippen molar-refractivity contribution in [3.05, 3.63) is 34.3 Å². The smallest absolute Gasteiger partial charge is 0.410 e. The van der Waals surface area contributed by atoms with Crippen molar-refractivity contribution < 1.29 is 23.8 Å². The van der Waals surface area contributed by atoms with Gasteiger partial charge in [0.25, 0.3) is 5.91 Å². The molecule has 0 radical (unpaired) electrons. The summed E-state index contributed by atoms with van der Waals surface area (Å²) in [5, 5.41) is 5.58. The molecule has 0 spiro atoms. The highest BCUT2D eigenvalue weighted by atomic mass is 32.1. The van der Waals surface area contributed by atoms with E-state index in [2.05, 4.69) is 10.3 Å². The van der Waals surface area contributed by atoms with Crippen molar-refractivity contribution in [2.24, 2.45) is 0 Å². The number of benzene rings is 1. The van der Waals surface area contributed by atoms with Gasteiger partial charge in [0, 0.05) is 36.1 Å². The summed E-state index contributed by atoms with van der Waals surface area (Å²) in [5.41, 5.74) is 0.529. The van der Waals surface area contributed by atoms with Gasteiger partial charge in [0.2, 0.25) is 0 Å². The van der Waals surface area contributed by atoms with Crippen LogP contribution in [0.2, 0.25) is 0 Å². The molecule has 2 aromatic rings. The summed E-state index contributed by atoms with van der Waals surface area (Å²) >= 11 is 1.49. The van der Waals surface area contributed by atoms with E-state index in [1.54, 1.807) is 28.5 Å². The minimum Gasteiger partial charge on any atom is -0.486 e. The van der Waals surface area contributed by atoms with Gasteiger partial charge in [-0.3, -0.25) is 4.79 Å². The van der Waals surface area contributed by atoms with Crippen LogP contribution in [0.25, 0.3) is 0 Å². The van der Waals surface area contributed by atoms with Crippen molar-refractivity contribution in [1.82, 2.24) is 9.88 Å². The molecule has 4 rings (SSSR count). The Balaban J connectivity index is 1.33. The average Bonchev–Trinajstić information content (AvgIpc) is 3.23. The minimum atomic E-state index is -0.497. The molecule has 1 aromatic carbocycles. The Morgan fingerprint density at radius 1 is 1.16 bits per heavy atom. The number of fused-ring (bicyclic) bond motifs is 1. The Bertz CT molecular complexity index is 960. The predicted molar refractivity (Wildman–Crippen MR) is 117 cm³/mol. The van der Waals surface area contributed by atoms with Crippen molar-refractivity contribution in [1.29, 1.82) is 0 Å². The molecular weight excluding hydrogens is 418 g/mol. The van der Waals surface area contributed by atoms with Crippen molar-refractivity contribution in [2.75, 3.05) is 31.6 Å². The fourth-order valence-electron chi connectivity index (χ4n) is 3.53. The van der Waals surface area contributed by atoms with Gasteiger partial charge in [0.15, 0.2) is 11.5 Å². The number of carbonyl (C=O) groups excluding carboxylic acids is 2. The number of carbonyl (C=O) groups is 2. The zero-order valence-corrected chi connectivity index (χ0v) is 18.8. The maximum atomic E-state index is 12.6. The number of aromatic nitrogens is 1. The minimum absolute atomic E-state index is 0.236. The number of amides is 2. The number of nitrogens with one attached hydrogen (secondary N) is 1. The second-order valence-electron chi connectivity index (χ2n) is 8.63. The van der Waals surface area contributed by atoms with Gasteiger partial charge in [-0.2, -0.15) is 0 Å². The molecular formula is C22H27N3O5S. The predicted octanol–water partition coefficient (Wildman–Crippen LogP) is 4.28. The van der Waals surface area contributed by atoms with Gasteiger partial charge in [0.05, 0.1) is 5.01 Å². The summed E-state index contributed by atoms with van der Waals surface area (Å²) in [6.45, 7) is 7.86. The topological polar surface area (TPSA) is 90.0 Å². The Hall–Kier alpha value is -2.81. The SMILES string of the molecule is CC(C)(C)OC(=O)N1CCC(c2nc(C(=O)Nc3ccc4c(c3)OCCO4)cs2)CC1. The largest absolute Gasteiger partial charge is 0.486 e. The molecule has 2 amide bonds. The van der Waals surface area contributed by atoms with E-state index in [9.17, 15) is 9.59 Å². The van der Waals surface area contributed by atoms with E-state index in [1.807, 2.05) is 20.8 Å². The van der Waals surface area contributed by atoms with Gasteiger partial charge < -0.3 is 24.4 Å². The lowest BCUT2D eigenvalue weighted by Crippen LogP contribution is -2.41. The first kappa shape index (κ1) is 21.4. The number of ether oxygens (including phenoxy) is 3. The van der Waals surface area contributed by atoms with Crippen LogP contribution in [0.5, 0.6) is 11.5 Å². The molecule has 2 aliphatic rings. The Morgan fingerprint density at radius 2 is 1.87 bits per heavy atom.